The average Bonchev–Trinajstić information content (AvgIpc) is 2.04. The van der Waals surface area contributed by atoms with E-state index in [0.29, 0.717) is 21.5 Å². The van der Waals surface area contributed by atoms with Gasteiger partial charge in [-0.15, -0.1) is 0 Å². The number of methoxy groups -OCH3 is 1. The van der Waals surface area contributed by atoms with Crippen molar-refractivity contribution in [3.8, 4) is 5.75 Å². The molecule has 0 aliphatic carbocycles. The minimum absolute atomic E-state index is 0.219. The molecule has 70 valence electrons. The topological polar surface area (TPSA) is 26.3 Å². The predicted octanol–water partition coefficient (Wildman–Crippen LogP) is 3.58. The van der Waals surface area contributed by atoms with Gasteiger partial charge in [0.1, 0.15) is 0 Å². The molecule has 0 saturated carbocycles. The number of aldehydes is 1. The van der Waals surface area contributed by atoms with Gasteiger partial charge in [0.05, 0.1) is 27.2 Å². The number of hydrogen-bond acceptors (Lipinski definition) is 2. The Kier molecular flexibility index (Phi) is 3.59. The minimum atomic E-state index is 0.219. The van der Waals surface area contributed by atoms with E-state index in [4.69, 9.17) is 27.9 Å². The van der Waals surface area contributed by atoms with Gasteiger partial charge in [0.25, 0.3) is 0 Å². The highest BCUT2D eigenvalue weighted by atomic mass is 79.9. The molecule has 0 N–H and O–H groups in total. The first kappa shape index (κ1) is 10.8. The number of halogens is 3. The fourth-order valence-electron chi connectivity index (χ4n) is 0.882. The zero-order valence-electron chi connectivity index (χ0n) is 6.61. The lowest BCUT2D eigenvalue weighted by Crippen LogP contribution is -1.91. The predicted molar refractivity (Wildman–Crippen MR) is 56.1 cm³/mol. The minimum Gasteiger partial charge on any atom is -0.494 e. The number of ether oxygens (including phenoxy) is 1. The van der Waals surface area contributed by atoms with Gasteiger partial charge in [-0.05, 0) is 22.0 Å². The van der Waals surface area contributed by atoms with Crippen LogP contribution in [0, 0.1) is 0 Å². The Morgan fingerprint density at radius 2 is 2.15 bits per heavy atom. The van der Waals surface area contributed by atoms with Crippen LogP contribution in [0.4, 0.5) is 0 Å². The summed E-state index contributed by atoms with van der Waals surface area (Å²) in [5, 5.41) is 0.518. The van der Waals surface area contributed by atoms with Crippen molar-refractivity contribution in [1.82, 2.24) is 0 Å². The summed E-state index contributed by atoms with van der Waals surface area (Å²) in [5.74, 6) is 0.410. The van der Waals surface area contributed by atoms with Crippen LogP contribution in [0.25, 0.3) is 0 Å². The molecule has 0 unspecified atom stereocenters. The molecule has 0 bridgehead atoms. The fraction of sp³-hybridized carbons (Fsp3) is 0.125. The summed E-state index contributed by atoms with van der Waals surface area (Å²) in [6, 6.07) is 1.57. The van der Waals surface area contributed by atoms with Crippen LogP contribution in [0.3, 0.4) is 0 Å². The molecule has 0 fully saturated rings. The molecule has 0 aliphatic heterocycles. The second kappa shape index (κ2) is 4.31. The van der Waals surface area contributed by atoms with Gasteiger partial charge in [-0.1, -0.05) is 23.2 Å². The summed E-state index contributed by atoms with van der Waals surface area (Å²) in [6.07, 6.45) is 0.597. The van der Waals surface area contributed by atoms with E-state index in [9.17, 15) is 4.79 Å². The normalized spacial score (nSPS) is 9.85. The van der Waals surface area contributed by atoms with Crippen LogP contribution in [0.5, 0.6) is 5.75 Å². The van der Waals surface area contributed by atoms with Gasteiger partial charge < -0.3 is 4.74 Å². The molecule has 1 aromatic rings. The lowest BCUT2D eigenvalue weighted by Gasteiger charge is -2.08. The molecule has 0 aromatic heterocycles. The van der Waals surface area contributed by atoms with Crippen molar-refractivity contribution in [1.29, 1.82) is 0 Å². The van der Waals surface area contributed by atoms with Gasteiger partial charge in [0.15, 0.2) is 12.0 Å². The summed E-state index contributed by atoms with van der Waals surface area (Å²) in [6.45, 7) is 0. The van der Waals surface area contributed by atoms with Crippen LogP contribution in [0.15, 0.2) is 10.5 Å². The standard InChI is InChI=1S/C8H5BrCl2O2/c1-13-8-5(9)2-6(10)4(3-12)7(8)11/h2-3H,1H3. The molecule has 0 atom stereocenters. The SMILES string of the molecule is COc1c(Br)cc(Cl)c(C=O)c1Cl. The largest absolute Gasteiger partial charge is 0.494 e. The van der Waals surface area contributed by atoms with Crippen LogP contribution in [0.2, 0.25) is 10.0 Å². The Labute approximate surface area is 93.9 Å². The maximum atomic E-state index is 10.6. The maximum absolute atomic E-state index is 10.6. The summed E-state index contributed by atoms with van der Waals surface area (Å²) in [7, 11) is 1.47. The molecular weight excluding hydrogens is 279 g/mol. The number of hydrogen-bond donors (Lipinski definition) is 0. The first-order valence-corrected chi connectivity index (χ1v) is 4.83. The highest BCUT2D eigenvalue weighted by Crippen LogP contribution is 2.38. The van der Waals surface area contributed by atoms with Crippen LogP contribution in [-0.4, -0.2) is 13.4 Å². The Balaban J connectivity index is 3.47. The average molecular weight is 284 g/mol. The second-order valence-electron chi connectivity index (χ2n) is 2.22. The summed E-state index contributed by atoms with van der Waals surface area (Å²) < 4.78 is 5.60. The van der Waals surface area contributed by atoms with Crippen molar-refractivity contribution >= 4 is 45.4 Å². The van der Waals surface area contributed by atoms with Gasteiger partial charge in [-0.2, -0.15) is 0 Å². The van der Waals surface area contributed by atoms with E-state index in [2.05, 4.69) is 15.9 Å². The Morgan fingerprint density at radius 1 is 1.54 bits per heavy atom. The highest BCUT2D eigenvalue weighted by molar-refractivity contribution is 9.10. The van der Waals surface area contributed by atoms with Crippen molar-refractivity contribution in [3.63, 3.8) is 0 Å². The summed E-state index contributed by atoms with van der Waals surface area (Å²) in [4.78, 5) is 10.6. The first-order valence-electron chi connectivity index (χ1n) is 3.28. The molecule has 0 saturated heterocycles. The van der Waals surface area contributed by atoms with E-state index in [0.717, 1.165) is 0 Å². The quantitative estimate of drug-likeness (QED) is 0.776. The van der Waals surface area contributed by atoms with Gasteiger partial charge in [0, 0.05) is 0 Å². The maximum Gasteiger partial charge on any atom is 0.153 e. The van der Waals surface area contributed by atoms with Gasteiger partial charge in [-0.3, -0.25) is 4.79 Å². The molecule has 0 radical (unpaired) electrons. The Bertz CT molecular complexity index is 352. The third-order valence-electron chi connectivity index (χ3n) is 1.49. The van der Waals surface area contributed by atoms with E-state index in [1.54, 1.807) is 6.07 Å². The van der Waals surface area contributed by atoms with Crippen molar-refractivity contribution < 1.29 is 9.53 Å². The molecule has 5 heteroatoms. The molecule has 0 heterocycles. The molecule has 1 aromatic carbocycles. The second-order valence-corrected chi connectivity index (χ2v) is 3.86. The van der Waals surface area contributed by atoms with Crippen molar-refractivity contribution in [2.75, 3.05) is 7.11 Å². The van der Waals surface area contributed by atoms with Crippen molar-refractivity contribution in [2.24, 2.45) is 0 Å². The Hall–Kier alpha value is -0.250. The monoisotopic (exact) mass is 282 g/mol. The third-order valence-corrected chi connectivity index (χ3v) is 2.76. The molecule has 13 heavy (non-hydrogen) atoms. The van der Waals surface area contributed by atoms with Gasteiger partial charge in [0.2, 0.25) is 0 Å². The molecule has 0 spiro atoms. The lowest BCUT2D eigenvalue weighted by molar-refractivity contribution is 0.112. The van der Waals surface area contributed by atoms with E-state index < -0.39 is 0 Å². The molecule has 0 aliphatic rings. The fourth-order valence-corrected chi connectivity index (χ4v) is 2.34. The Morgan fingerprint density at radius 3 is 2.62 bits per heavy atom. The van der Waals surface area contributed by atoms with E-state index in [1.807, 2.05) is 0 Å². The number of benzene rings is 1. The van der Waals surface area contributed by atoms with Crippen molar-refractivity contribution in [2.45, 2.75) is 0 Å². The molecule has 2 nitrogen and oxygen atoms in total. The third kappa shape index (κ3) is 1.98. The first-order chi connectivity index (χ1) is 6.11. The highest BCUT2D eigenvalue weighted by Gasteiger charge is 2.14. The summed E-state index contributed by atoms with van der Waals surface area (Å²) >= 11 is 14.8. The summed E-state index contributed by atoms with van der Waals surface area (Å²) in [5.41, 5.74) is 0.239. The zero-order chi connectivity index (χ0) is 10.0. The van der Waals surface area contributed by atoms with Crippen LogP contribution in [-0.2, 0) is 0 Å². The molecular formula is C8H5BrCl2O2. The van der Waals surface area contributed by atoms with E-state index in [-0.39, 0.29) is 10.6 Å². The van der Waals surface area contributed by atoms with Crippen LogP contribution < -0.4 is 4.74 Å². The number of carbonyl (C=O) groups is 1. The van der Waals surface area contributed by atoms with E-state index in [1.165, 1.54) is 7.11 Å². The van der Waals surface area contributed by atoms with E-state index >= 15 is 0 Å². The van der Waals surface area contributed by atoms with Crippen molar-refractivity contribution in [3.05, 3.63) is 26.1 Å². The zero-order valence-corrected chi connectivity index (χ0v) is 9.70. The van der Waals surface area contributed by atoms with Crippen LogP contribution >= 0.6 is 39.1 Å². The smallest absolute Gasteiger partial charge is 0.153 e. The number of rotatable bonds is 2. The molecule has 0 amide bonds. The van der Waals surface area contributed by atoms with Gasteiger partial charge >= 0.3 is 0 Å². The van der Waals surface area contributed by atoms with Crippen LogP contribution in [0.1, 0.15) is 10.4 Å². The van der Waals surface area contributed by atoms with Gasteiger partial charge in [-0.25, -0.2) is 0 Å². The lowest BCUT2D eigenvalue weighted by atomic mass is 10.2. The number of carbonyl (C=O) groups excluding carboxylic acids is 1. The molecule has 1 rings (SSSR count).